The molecule has 2 nitrogen and oxygen atoms in total. The Morgan fingerprint density at radius 1 is 0.442 bits per heavy atom. The van der Waals surface area contributed by atoms with Crippen LogP contribution in [0.1, 0.15) is 25.0 Å². The number of hydrogen-bond donors (Lipinski definition) is 0. The van der Waals surface area contributed by atoms with Crippen molar-refractivity contribution in [1.29, 1.82) is 0 Å². The quantitative estimate of drug-likeness (QED) is 0.184. The molecule has 0 radical (unpaired) electrons. The molecule has 0 amide bonds. The van der Waals surface area contributed by atoms with Crippen LogP contribution in [0.5, 0.6) is 0 Å². The second-order valence-electron chi connectivity index (χ2n) is 14.6. The van der Waals surface area contributed by atoms with E-state index in [1.165, 1.54) is 64.3 Å². The molecule has 246 valence electrons. The first-order valence-electron chi connectivity index (χ1n) is 17.9. The van der Waals surface area contributed by atoms with Gasteiger partial charge < -0.3 is 9.32 Å². The minimum atomic E-state index is -0.0384. The normalized spacial score (nSPS) is 13.3. The van der Waals surface area contributed by atoms with Crippen LogP contribution in [0, 0.1) is 0 Å². The fraction of sp³-hybridized carbons (Fsp3) is 0.0612. The van der Waals surface area contributed by atoms with Crippen LogP contribution in [0.2, 0.25) is 0 Å². The van der Waals surface area contributed by atoms with Crippen LogP contribution >= 0.6 is 11.3 Å². The fourth-order valence-electron chi connectivity index (χ4n) is 8.60. The van der Waals surface area contributed by atoms with E-state index in [0.29, 0.717) is 0 Å². The second kappa shape index (κ2) is 10.9. The van der Waals surface area contributed by atoms with Crippen LogP contribution in [0.25, 0.3) is 75.1 Å². The number of fused-ring (bicyclic) bond motifs is 10. The van der Waals surface area contributed by atoms with Gasteiger partial charge in [-0.2, -0.15) is 0 Å². The molecule has 0 saturated heterocycles. The van der Waals surface area contributed by atoms with Crippen LogP contribution < -0.4 is 4.90 Å². The zero-order valence-corrected chi connectivity index (χ0v) is 29.7. The molecule has 2 heterocycles. The average Bonchev–Trinajstić information content (AvgIpc) is 3.81. The summed E-state index contributed by atoms with van der Waals surface area (Å²) in [7, 11) is 0. The molecule has 0 N–H and O–H groups in total. The summed E-state index contributed by atoms with van der Waals surface area (Å²) in [5.74, 6) is 0. The Kier molecular flexibility index (Phi) is 6.21. The van der Waals surface area contributed by atoms with E-state index in [1.54, 1.807) is 0 Å². The maximum Gasteiger partial charge on any atom is 0.136 e. The molecule has 11 rings (SSSR count). The molecule has 2 aromatic heterocycles. The number of anilines is 3. The van der Waals surface area contributed by atoms with Gasteiger partial charge in [0.15, 0.2) is 0 Å². The third-order valence-corrected chi connectivity index (χ3v) is 12.4. The van der Waals surface area contributed by atoms with Crippen molar-refractivity contribution in [1.82, 2.24) is 0 Å². The number of thiophene rings is 1. The number of nitrogens with zero attached hydrogens (tertiary/aromatic N) is 1. The van der Waals surface area contributed by atoms with E-state index in [1.807, 2.05) is 23.5 Å². The molecule has 0 fully saturated rings. The van der Waals surface area contributed by atoms with Crippen LogP contribution in [0.15, 0.2) is 168 Å². The van der Waals surface area contributed by atoms with E-state index in [0.717, 1.165) is 39.0 Å². The SMILES string of the molecule is CC1(C)c2ccccc2-c2cc(N(c3ccc(-c4ccc5cc6oc7ccccc7c6cc5c4)cc3)c3ccc4c(c3)sc3ccccc34)ccc21. The predicted octanol–water partition coefficient (Wildman–Crippen LogP) is 14.6. The lowest BCUT2D eigenvalue weighted by Crippen LogP contribution is -2.15. The summed E-state index contributed by atoms with van der Waals surface area (Å²) in [6, 6.07) is 60.1. The Labute approximate surface area is 305 Å². The van der Waals surface area contributed by atoms with E-state index in [9.17, 15) is 0 Å². The molecule has 0 bridgehead atoms. The van der Waals surface area contributed by atoms with Crippen molar-refractivity contribution < 1.29 is 4.42 Å². The zero-order valence-electron chi connectivity index (χ0n) is 28.9. The highest BCUT2D eigenvalue weighted by Crippen LogP contribution is 2.51. The van der Waals surface area contributed by atoms with Gasteiger partial charge in [0.05, 0.1) is 0 Å². The Bertz CT molecular complexity index is 3050. The Morgan fingerprint density at radius 3 is 2.04 bits per heavy atom. The molecule has 8 aromatic carbocycles. The topological polar surface area (TPSA) is 16.4 Å². The first-order chi connectivity index (χ1) is 25.5. The number of benzene rings is 8. The lowest BCUT2D eigenvalue weighted by molar-refractivity contribution is 0.660. The van der Waals surface area contributed by atoms with E-state index in [2.05, 4.69) is 170 Å². The molecule has 3 heteroatoms. The summed E-state index contributed by atoms with van der Waals surface area (Å²) < 4.78 is 8.78. The van der Waals surface area contributed by atoms with E-state index < -0.39 is 0 Å². The maximum atomic E-state index is 6.17. The van der Waals surface area contributed by atoms with Gasteiger partial charge in [-0.25, -0.2) is 0 Å². The minimum Gasteiger partial charge on any atom is -0.456 e. The standard InChI is InChI=1S/C49H33NOS/c1-49(2)43-12-6-3-9-37(43)41-28-35(22-24-44(41)49)50(36-21-23-40-39-11-5-8-14-47(39)52-48(40)29-36)34-19-17-30(18-20-34)31-15-16-32-27-46-42(26-33(32)25-31)38-10-4-7-13-45(38)51-46/h3-29H,1-2H3. The maximum absolute atomic E-state index is 6.17. The average molecular weight is 684 g/mol. The second-order valence-corrected chi connectivity index (χ2v) is 15.7. The van der Waals surface area contributed by atoms with E-state index >= 15 is 0 Å². The molecular weight excluding hydrogens is 651 g/mol. The van der Waals surface area contributed by atoms with E-state index in [4.69, 9.17) is 4.42 Å². The van der Waals surface area contributed by atoms with Gasteiger partial charge in [0.25, 0.3) is 0 Å². The predicted molar refractivity (Wildman–Crippen MR) is 222 cm³/mol. The minimum absolute atomic E-state index is 0.0384. The summed E-state index contributed by atoms with van der Waals surface area (Å²) in [5, 5.41) is 7.32. The van der Waals surface area contributed by atoms with Crippen molar-refractivity contribution in [2.75, 3.05) is 4.90 Å². The fourth-order valence-corrected chi connectivity index (χ4v) is 9.74. The monoisotopic (exact) mass is 683 g/mol. The third-order valence-electron chi connectivity index (χ3n) is 11.2. The van der Waals surface area contributed by atoms with Gasteiger partial charge in [0.1, 0.15) is 11.2 Å². The van der Waals surface area contributed by atoms with Gasteiger partial charge in [0.2, 0.25) is 0 Å². The summed E-state index contributed by atoms with van der Waals surface area (Å²) in [4.78, 5) is 2.42. The number of hydrogen-bond acceptors (Lipinski definition) is 3. The molecule has 0 spiro atoms. The summed E-state index contributed by atoms with van der Waals surface area (Å²) in [6.45, 7) is 4.69. The molecule has 0 saturated carbocycles. The highest BCUT2D eigenvalue weighted by Gasteiger charge is 2.35. The molecule has 52 heavy (non-hydrogen) atoms. The van der Waals surface area contributed by atoms with Crippen molar-refractivity contribution in [3.63, 3.8) is 0 Å². The Balaban J connectivity index is 1.04. The van der Waals surface area contributed by atoms with Gasteiger partial charge in [-0.1, -0.05) is 111 Å². The van der Waals surface area contributed by atoms with Crippen LogP contribution in [0.3, 0.4) is 0 Å². The highest BCUT2D eigenvalue weighted by atomic mass is 32.1. The smallest absolute Gasteiger partial charge is 0.136 e. The van der Waals surface area contributed by atoms with Crippen molar-refractivity contribution in [3.8, 4) is 22.3 Å². The molecule has 0 atom stereocenters. The van der Waals surface area contributed by atoms with Gasteiger partial charge in [-0.3, -0.25) is 0 Å². The van der Waals surface area contributed by atoms with Crippen LogP contribution in [0.4, 0.5) is 17.1 Å². The lowest BCUT2D eigenvalue weighted by Gasteiger charge is -2.27. The largest absolute Gasteiger partial charge is 0.456 e. The molecule has 10 aromatic rings. The summed E-state index contributed by atoms with van der Waals surface area (Å²) in [6.07, 6.45) is 0. The molecule has 1 aliphatic rings. The van der Waals surface area contributed by atoms with Crippen molar-refractivity contribution in [2.45, 2.75) is 19.3 Å². The first-order valence-corrected chi connectivity index (χ1v) is 18.7. The van der Waals surface area contributed by atoms with Gasteiger partial charge in [-0.05, 0) is 111 Å². The summed E-state index contributed by atoms with van der Waals surface area (Å²) in [5.41, 5.74) is 13.1. The van der Waals surface area contributed by atoms with E-state index in [-0.39, 0.29) is 5.41 Å². The van der Waals surface area contributed by atoms with Crippen molar-refractivity contribution >= 4 is 81.3 Å². The van der Waals surface area contributed by atoms with Gasteiger partial charge in [0, 0.05) is 53.4 Å². The van der Waals surface area contributed by atoms with Gasteiger partial charge in [-0.15, -0.1) is 11.3 Å². The Morgan fingerprint density at radius 2 is 1.13 bits per heavy atom. The summed E-state index contributed by atoms with van der Waals surface area (Å²) >= 11 is 1.86. The van der Waals surface area contributed by atoms with Gasteiger partial charge >= 0.3 is 0 Å². The third kappa shape index (κ3) is 4.36. The number of rotatable bonds is 4. The molecular formula is C49H33NOS. The molecule has 0 aliphatic heterocycles. The van der Waals surface area contributed by atoms with Crippen molar-refractivity contribution in [2.24, 2.45) is 0 Å². The van der Waals surface area contributed by atoms with Crippen LogP contribution in [-0.2, 0) is 5.41 Å². The highest BCUT2D eigenvalue weighted by molar-refractivity contribution is 7.25. The van der Waals surface area contributed by atoms with Crippen molar-refractivity contribution in [3.05, 3.63) is 175 Å². The first kappa shape index (κ1) is 29.6. The number of para-hydroxylation sites is 1. The Hall–Kier alpha value is -6.16. The van der Waals surface area contributed by atoms with Crippen LogP contribution in [-0.4, -0.2) is 0 Å². The number of furan rings is 1. The molecule has 0 unspecified atom stereocenters. The molecule has 1 aliphatic carbocycles. The lowest BCUT2D eigenvalue weighted by atomic mass is 9.82. The zero-order chi connectivity index (χ0) is 34.6.